The molecular formula is C14H10N2O2. The van der Waals surface area contributed by atoms with Crippen LogP contribution in [0.4, 0.5) is 0 Å². The van der Waals surface area contributed by atoms with Gasteiger partial charge in [-0.15, -0.1) is 0 Å². The minimum absolute atomic E-state index is 0.292. The summed E-state index contributed by atoms with van der Waals surface area (Å²) in [6.07, 6.45) is 6.25. The van der Waals surface area contributed by atoms with E-state index in [0.717, 1.165) is 5.56 Å². The van der Waals surface area contributed by atoms with Crippen molar-refractivity contribution < 1.29 is 9.53 Å². The van der Waals surface area contributed by atoms with Gasteiger partial charge in [0.2, 0.25) is 5.88 Å². The van der Waals surface area contributed by atoms with Crippen molar-refractivity contribution in [2.24, 2.45) is 4.99 Å². The third-order valence-electron chi connectivity index (χ3n) is 1.99. The van der Waals surface area contributed by atoms with Crippen molar-refractivity contribution in [3.63, 3.8) is 0 Å². The average Bonchev–Trinajstić information content (AvgIpc) is 2.66. The first kappa shape index (κ1) is 11.7. The van der Waals surface area contributed by atoms with Gasteiger partial charge in [-0.1, -0.05) is 24.1 Å². The summed E-state index contributed by atoms with van der Waals surface area (Å²) in [5.74, 6) is 4.79. The number of carbonyl (C=O) groups is 1. The summed E-state index contributed by atoms with van der Waals surface area (Å²) in [4.78, 5) is 15.3. The van der Waals surface area contributed by atoms with Crippen LogP contribution in [0.15, 0.2) is 59.6 Å². The number of hydrogen-bond donors (Lipinski definition) is 1. The summed E-state index contributed by atoms with van der Waals surface area (Å²) < 4.78 is 4.99. The molecule has 0 atom stereocenters. The molecule has 1 N–H and O–H groups in total. The molecule has 1 aromatic rings. The van der Waals surface area contributed by atoms with E-state index >= 15 is 0 Å². The van der Waals surface area contributed by atoms with Gasteiger partial charge < -0.3 is 10.1 Å². The number of ether oxygens (including phenoxy) is 1. The molecule has 0 unspecified atom stereocenters. The monoisotopic (exact) mass is 238 g/mol. The van der Waals surface area contributed by atoms with Crippen molar-refractivity contribution in [2.75, 3.05) is 0 Å². The molecule has 0 spiro atoms. The Kier molecular flexibility index (Phi) is 3.93. The first-order valence-electron chi connectivity index (χ1n) is 5.28. The van der Waals surface area contributed by atoms with E-state index in [9.17, 15) is 4.79 Å². The largest absolute Gasteiger partial charge is 0.400 e. The zero-order valence-corrected chi connectivity index (χ0v) is 9.46. The van der Waals surface area contributed by atoms with Crippen LogP contribution in [0.5, 0.6) is 0 Å². The van der Waals surface area contributed by atoms with Crippen LogP contribution in [0.1, 0.15) is 5.56 Å². The lowest BCUT2D eigenvalue weighted by atomic mass is 10.2. The van der Waals surface area contributed by atoms with E-state index in [1.165, 1.54) is 6.34 Å². The minimum Gasteiger partial charge on any atom is -0.400 e. The van der Waals surface area contributed by atoms with E-state index in [4.69, 9.17) is 4.74 Å². The SMILES string of the molecule is O=C(C#Cc1ccccc1)OC1=CC=CN=CN1. The molecule has 2 rings (SSSR count). The molecule has 0 aliphatic carbocycles. The van der Waals surface area contributed by atoms with E-state index < -0.39 is 5.97 Å². The molecule has 18 heavy (non-hydrogen) atoms. The molecule has 4 heteroatoms. The first-order valence-corrected chi connectivity index (χ1v) is 5.28. The molecule has 1 aromatic carbocycles. The molecule has 1 aliphatic rings. The maximum absolute atomic E-state index is 11.5. The molecular weight excluding hydrogens is 228 g/mol. The van der Waals surface area contributed by atoms with Crippen molar-refractivity contribution in [1.29, 1.82) is 0 Å². The summed E-state index contributed by atoms with van der Waals surface area (Å²) in [5, 5.41) is 2.71. The highest BCUT2D eigenvalue weighted by atomic mass is 16.5. The zero-order chi connectivity index (χ0) is 12.6. The van der Waals surface area contributed by atoms with Gasteiger partial charge in [0.25, 0.3) is 0 Å². The fraction of sp³-hybridized carbons (Fsp3) is 0. The van der Waals surface area contributed by atoms with Crippen molar-refractivity contribution in [1.82, 2.24) is 5.32 Å². The Labute approximate surface area is 105 Å². The number of nitrogens with zero attached hydrogens (tertiary/aromatic N) is 1. The van der Waals surface area contributed by atoms with Gasteiger partial charge in [0, 0.05) is 23.8 Å². The third-order valence-corrected chi connectivity index (χ3v) is 1.99. The number of hydrogen-bond acceptors (Lipinski definition) is 4. The maximum atomic E-state index is 11.5. The molecule has 0 saturated carbocycles. The normalized spacial score (nSPS) is 12.6. The van der Waals surface area contributed by atoms with Crippen molar-refractivity contribution in [2.45, 2.75) is 0 Å². The fourth-order valence-corrected chi connectivity index (χ4v) is 1.21. The first-order chi connectivity index (χ1) is 8.84. The van der Waals surface area contributed by atoms with Gasteiger partial charge >= 0.3 is 5.97 Å². The number of nitrogens with one attached hydrogen (secondary N) is 1. The molecule has 0 saturated heterocycles. The van der Waals surface area contributed by atoms with Crippen LogP contribution in [0.3, 0.4) is 0 Å². The van der Waals surface area contributed by atoms with E-state index in [-0.39, 0.29) is 0 Å². The second kappa shape index (κ2) is 6.06. The van der Waals surface area contributed by atoms with Gasteiger partial charge in [0.1, 0.15) is 0 Å². The number of aliphatic imine (C=N–C) groups is 1. The van der Waals surface area contributed by atoms with Gasteiger partial charge in [0.15, 0.2) is 0 Å². The Bertz CT molecular complexity index is 575. The standard InChI is InChI=1S/C14H10N2O2/c17-14(9-8-12-5-2-1-3-6-12)18-13-7-4-10-15-11-16-13/h1-7,10-11H,(H,15,16). The quantitative estimate of drug-likeness (QED) is 0.596. The second-order valence-corrected chi connectivity index (χ2v) is 3.30. The molecule has 0 amide bonds. The highest BCUT2D eigenvalue weighted by Crippen LogP contribution is 1.98. The molecule has 0 fully saturated rings. The predicted molar refractivity (Wildman–Crippen MR) is 68.3 cm³/mol. The average molecular weight is 238 g/mol. The van der Waals surface area contributed by atoms with Crippen LogP contribution in [0.2, 0.25) is 0 Å². The lowest BCUT2D eigenvalue weighted by Crippen LogP contribution is -2.15. The van der Waals surface area contributed by atoms with E-state index in [1.807, 2.05) is 30.3 Å². The molecule has 0 radical (unpaired) electrons. The second-order valence-electron chi connectivity index (χ2n) is 3.30. The van der Waals surface area contributed by atoms with Crippen molar-refractivity contribution >= 4 is 12.3 Å². The Balaban J connectivity index is 1.97. The smallest absolute Gasteiger partial charge is 0.391 e. The summed E-state index contributed by atoms with van der Waals surface area (Å²) in [5.41, 5.74) is 0.763. The number of carbonyl (C=O) groups excluding carboxylic acids is 1. The zero-order valence-electron chi connectivity index (χ0n) is 9.46. The lowest BCUT2D eigenvalue weighted by Gasteiger charge is -2.02. The molecule has 0 bridgehead atoms. The number of rotatable bonds is 1. The molecule has 1 aliphatic heterocycles. The summed E-state index contributed by atoms with van der Waals surface area (Å²) in [6.45, 7) is 0. The van der Waals surface area contributed by atoms with E-state index in [1.54, 1.807) is 18.4 Å². The van der Waals surface area contributed by atoms with Gasteiger partial charge in [-0.05, 0) is 18.2 Å². The number of allylic oxidation sites excluding steroid dienone is 2. The van der Waals surface area contributed by atoms with Crippen molar-refractivity contribution in [3.8, 4) is 11.8 Å². The molecule has 88 valence electrons. The predicted octanol–water partition coefficient (Wildman–Crippen LogP) is 1.57. The van der Waals surface area contributed by atoms with Gasteiger partial charge in [-0.3, -0.25) is 0 Å². The van der Waals surface area contributed by atoms with Gasteiger partial charge in [-0.2, -0.15) is 0 Å². The highest BCUT2D eigenvalue weighted by molar-refractivity contribution is 5.90. The highest BCUT2D eigenvalue weighted by Gasteiger charge is 2.02. The van der Waals surface area contributed by atoms with Gasteiger partial charge in [0.05, 0.1) is 6.34 Å². The molecule has 4 nitrogen and oxygen atoms in total. The van der Waals surface area contributed by atoms with Gasteiger partial charge in [-0.25, -0.2) is 9.79 Å². The summed E-state index contributed by atoms with van der Waals surface area (Å²) in [7, 11) is 0. The van der Waals surface area contributed by atoms with E-state index in [2.05, 4.69) is 22.2 Å². The number of esters is 1. The van der Waals surface area contributed by atoms with E-state index in [0.29, 0.717) is 5.88 Å². The fourth-order valence-electron chi connectivity index (χ4n) is 1.21. The van der Waals surface area contributed by atoms with Crippen LogP contribution in [0, 0.1) is 11.8 Å². The van der Waals surface area contributed by atoms with Crippen LogP contribution in [-0.4, -0.2) is 12.3 Å². The Hall–Kier alpha value is -2.80. The lowest BCUT2D eigenvalue weighted by molar-refractivity contribution is -0.133. The Morgan fingerprint density at radius 2 is 2.11 bits per heavy atom. The number of benzene rings is 1. The molecule has 0 aromatic heterocycles. The van der Waals surface area contributed by atoms with Crippen molar-refractivity contribution in [3.05, 3.63) is 60.1 Å². The summed E-state index contributed by atoms with van der Waals surface area (Å²) in [6, 6.07) is 9.23. The maximum Gasteiger partial charge on any atom is 0.391 e. The van der Waals surface area contributed by atoms with Crippen LogP contribution in [0.25, 0.3) is 0 Å². The van der Waals surface area contributed by atoms with Crippen LogP contribution < -0.4 is 5.32 Å². The minimum atomic E-state index is -0.624. The topological polar surface area (TPSA) is 50.7 Å². The van der Waals surface area contributed by atoms with Crippen LogP contribution in [-0.2, 0) is 9.53 Å². The van der Waals surface area contributed by atoms with Crippen LogP contribution >= 0.6 is 0 Å². The molecule has 1 heterocycles. The Morgan fingerprint density at radius 1 is 1.28 bits per heavy atom. The summed E-state index contributed by atoms with van der Waals surface area (Å²) >= 11 is 0. The third kappa shape index (κ3) is 3.65. The Morgan fingerprint density at radius 3 is 2.94 bits per heavy atom.